The number of carbonyl (C=O) groups is 1. The van der Waals surface area contributed by atoms with E-state index in [4.69, 9.17) is 4.74 Å². The number of halogens is 1. The number of carbonyl (C=O) groups excluding carboxylic acids is 1. The van der Waals surface area contributed by atoms with Crippen LogP contribution in [0.25, 0.3) is 0 Å². The van der Waals surface area contributed by atoms with Crippen LogP contribution in [0.5, 0.6) is 0 Å². The van der Waals surface area contributed by atoms with Gasteiger partial charge in [-0.2, -0.15) is 0 Å². The first kappa shape index (κ1) is 13.6. The highest BCUT2D eigenvalue weighted by Gasteiger charge is 2.27. The van der Waals surface area contributed by atoms with Crippen molar-refractivity contribution in [3.8, 4) is 0 Å². The minimum Gasteiger partial charge on any atom is -0.381 e. The summed E-state index contributed by atoms with van der Waals surface area (Å²) in [5.74, 6) is 0.548. The molecule has 2 rings (SSSR count). The molecular weight excluding hydrogens is 294 g/mol. The Bertz CT molecular complexity index is 405. The first-order valence-corrected chi connectivity index (χ1v) is 7.06. The molecule has 98 valence electrons. The molecule has 0 aliphatic carbocycles. The van der Waals surface area contributed by atoms with E-state index in [2.05, 4.69) is 28.2 Å². The van der Waals surface area contributed by atoms with E-state index in [0.29, 0.717) is 25.7 Å². The van der Waals surface area contributed by atoms with Gasteiger partial charge in [0.2, 0.25) is 5.91 Å². The molecule has 2 unspecified atom stereocenters. The van der Waals surface area contributed by atoms with Crippen molar-refractivity contribution in [3.05, 3.63) is 34.3 Å². The van der Waals surface area contributed by atoms with Crippen molar-refractivity contribution < 1.29 is 9.53 Å². The van der Waals surface area contributed by atoms with Crippen molar-refractivity contribution in [2.24, 2.45) is 11.8 Å². The van der Waals surface area contributed by atoms with Crippen LogP contribution < -0.4 is 5.32 Å². The predicted molar refractivity (Wildman–Crippen MR) is 74.1 cm³/mol. The van der Waals surface area contributed by atoms with Crippen LogP contribution in [-0.4, -0.2) is 19.1 Å². The Hall–Kier alpha value is -0.870. The van der Waals surface area contributed by atoms with Gasteiger partial charge in [0.05, 0.1) is 0 Å². The van der Waals surface area contributed by atoms with Crippen LogP contribution in [0.2, 0.25) is 0 Å². The Morgan fingerprint density at radius 2 is 2.17 bits per heavy atom. The molecule has 4 heteroatoms. The number of benzene rings is 1. The Kier molecular flexibility index (Phi) is 4.78. The summed E-state index contributed by atoms with van der Waals surface area (Å²) in [7, 11) is 0. The topological polar surface area (TPSA) is 38.3 Å². The molecule has 3 nitrogen and oxygen atoms in total. The fraction of sp³-hybridized carbons (Fsp3) is 0.500. The molecule has 1 amide bonds. The number of ether oxygens (including phenoxy) is 1. The highest BCUT2D eigenvalue weighted by Crippen LogP contribution is 2.21. The number of nitrogens with one attached hydrogen (secondary N) is 1. The summed E-state index contributed by atoms with van der Waals surface area (Å²) in [5, 5.41) is 3.01. The fourth-order valence-corrected chi connectivity index (χ4v) is 2.46. The van der Waals surface area contributed by atoms with Gasteiger partial charge >= 0.3 is 0 Å². The molecular formula is C14H18BrNO2. The van der Waals surface area contributed by atoms with Gasteiger partial charge in [-0.3, -0.25) is 4.79 Å². The maximum Gasteiger partial charge on any atom is 0.223 e. The number of amides is 1. The van der Waals surface area contributed by atoms with Gasteiger partial charge in [0.1, 0.15) is 0 Å². The summed E-state index contributed by atoms with van der Waals surface area (Å²) in [6, 6.07) is 7.99. The van der Waals surface area contributed by atoms with Gasteiger partial charge in [-0.1, -0.05) is 35.0 Å². The quantitative estimate of drug-likeness (QED) is 0.932. The summed E-state index contributed by atoms with van der Waals surface area (Å²) in [6.45, 7) is 4.05. The highest BCUT2D eigenvalue weighted by atomic mass is 79.9. The van der Waals surface area contributed by atoms with Crippen LogP contribution in [0, 0.1) is 11.8 Å². The lowest BCUT2D eigenvalue weighted by Crippen LogP contribution is -2.38. The molecule has 2 atom stereocenters. The summed E-state index contributed by atoms with van der Waals surface area (Å²) in [4.78, 5) is 12.1. The molecule has 1 heterocycles. The standard InChI is InChI=1S/C14H18BrNO2/c1-10-9-18-7-6-13(10)14(17)16-8-11-2-4-12(15)5-3-11/h2-5,10,13H,6-9H2,1H3,(H,16,17). The van der Waals surface area contributed by atoms with Crippen LogP contribution in [-0.2, 0) is 16.1 Å². The zero-order chi connectivity index (χ0) is 13.0. The maximum absolute atomic E-state index is 12.1. The van der Waals surface area contributed by atoms with Crippen LogP contribution >= 0.6 is 15.9 Å². The van der Waals surface area contributed by atoms with Crippen LogP contribution in [0.1, 0.15) is 18.9 Å². The highest BCUT2D eigenvalue weighted by molar-refractivity contribution is 9.10. The van der Waals surface area contributed by atoms with Gasteiger partial charge in [-0.15, -0.1) is 0 Å². The molecule has 0 bridgehead atoms. The normalized spacial score (nSPS) is 23.7. The van der Waals surface area contributed by atoms with Gasteiger partial charge in [-0.25, -0.2) is 0 Å². The number of hydrogen-bond donors (Lipinski definition) is 1. The third-order valence-corrected chi connectivity index (χ3v) is 3.89. The van der Waals surface area contributed by atoms with Crippen LogP contribution in [0.3, 0.4) is 0 Å². The molecule has 1 aliphatic heterocycles. The summed E-state index contributed by atoms with van der Waals surface area (Å²) in [5.41, 5.74) is 1.12. The monoisotopic (exact) mass is 311 g/mol. The van der Waals surface area contributed by atoms with Crippen molar-refractivity contribution in [2.75, 3.05) is 13.2 Å². The lowest BCUT2D eigenvalue weighted by molar-refractivity contribution is -0.130. The average molecular weight is 312 g/mol. The SMILES string of the molecule is CC1COCCC1C(=O)NCc1ccc(Br)cc1. The summed E-state index contributed by atoms with van der Waals surface area (Å²) < 4.78 is 6.40. The van der Waals surface area contributed by atoms with Gasteiger partial charge in [-0.05, 0) is 30.0 Å². The molecule has 1 saturated heterocycles. The molecule has 0 aromatic heterocycles. The third-order valence-electron chi connectivity index (χ3n) is 3.36. The van der Waals surface area contributed by atoms with Gasteiger partial charge in [0, 0.05) is 30.1 Å². The lowest BCUT2D eigenvalue weighted by Gasteiger charge is -2.27. The maximum atomic E-state index is 12.1. The summed E-state index contributed by atoms with van der Waals surface area (Å²) in [6.07, 6.45) is 0.827. The third kappa shape index (κ3) is 3.56. The molecule has 1 N–H and O–H groups in total. The van der Waals surface area contributed by atoms with Crippen molar-refractivity contribution in [2.45, 2.75) is 19.9 Å². The first-order valence-electron chi connectivity index (χ1n) is 6.26. The molecule has 0 spiro atoms. The molecule has 1 fully saturated rings. The molecule has 0 saturated carbocycles. The number of rotatable bonds is 3. The Labute approximate surface area is 116 Å². The van der Waals surface area contributed by atoms with Gasteiger partial charge in [0.25, 0.3) is 0 Å². The van der Waals surface area contributed by atoms with Crippen LogP contribution in [0.15, 0.2) is 28.7 Å². The van der Waals surface area contributed by atoms with Crippen molar-refractivity contribution in [3.63, 3.8) is 0 Å². The van der Waals surface area contributed by atoms with E-state index in [0.717, 1.165) is 16.5 Å². The molecule has 1 aromatic rings. The van der Waals surface area contributed by atoms with E-state index in [-0.39, 0.29) is 11.8 Å². The zero-order valence-corrected chi connectivity index (χ0v) is 12.1. The van der Waals surface area contributed by atoms with Gasteiger partial charge < -0.3 is 10.1 Å². The zero-order valence-electron chi connectivity index (χ0n) is 10.5. The molecule has 1 aliphatic rings. The predicted octanol–water partition coefficient (Wildman–Crippen LogP) is 2.74. The lowest BCUT2D eigenvalue weighted by atomic mass is 9.89. The van der Waals surface area contributed by atoms with Crippen LogP contribution in [0.4, 0.5) is 0 Å². The fourth-order valence-electron chi connectivity index (χ4n) is 2.19. The van der Waals surface area contributed by atoms with E-state index in [9.17, 15) is 4.79 Å². The Morgan fingerprint density at radius 3 is 2.83 bits per heavy atom. The van der Waals surface area contributed by atoms with E-state index in [1.54, 1.807) is 0 Å². The second kappa shape index (κ2) is 6.34. The average Bonchev–Trinajstić information content (AvgIpc) is 2.38. The van der Waals surface area contributed by atoms with Crippen molar-refractivity contribution >= 4 is 21.8 Å². The van der Waals surface area contributed by atoms with E-state index < -0.39 is 0 Å². The smallest absolute Gasteiger partial charge is 0.223 e. The summed E-state index contributed by atoms with van der Waals surface area (Å²) >= 11 is 3.39. The number of hydrogen-bond acceptors (Lipinski definition) is 2. The van der Waals surface area contributed by atoms with Crippen molar-refractivity contribution in [1.29, 1.82) is 0 Å². The second-order valence-corrected chi connectivity index (χ2v) is 5.71. The van der Waals surface area contributed by atoms with Crippen molar-refractivity contribution in [1.82, 2.24) is 5.32 Å². The minimum absolute atomic E-state index is 0.0919. The molecule has 1 aromatic carbocycles. The Balaban J connectivity index is 1.85. The van der Waals surface area contributed by atoms with E-state index in [1.807, 2.05) is 24.3 Å². The Morgan fingerprint density at radius 1 is 1.44 bits per heavy atom. The minimum atomic E-state index is 0.0919. The largest absolute Gasteiger partial charge is 0.381 e. The molecule has 0 radical (unpaired) electrons. The van der Waals surface area contributed by atoms with E-state index in [1.165, 1.54) is 0 Å². The van der Waals surface area contributed by atoms with E-state index >= 15 is 0 Å². The first-order chi connectivity index (χ1) is 8.66. The second-order valence-electron chi connectivity index (χ2n) is 4.79. The van der Waals surface area contributed by atoms with Gasteiger partial charge in [0.15, 0.2) is 0 Å². The molecule has 18 heavy (non-hydrogen) atoms.